The fourth-order valence-electron chi connectivity index (χ4n) is 2.28. The van der Waals surface area contributed by atoms with E-state index in [1.54, 1.807) is 0 Å². The molecule has 0 radical (unpaired) electrons. The molecule has 1 aliphatic rings. The molecule has 2 heterocycles. The van der Waals surface area contributed by atoms with Crippen LogP contribution in [0.4, 0.5) is 0 Å². The van der Waals surface area contributed by atoms with E-state index < -0.39 is 0 Å². The third-order valence-electron chi connectivity index (χ3n) is 3.40. The number of hydrogen-bond donors (Lipinski definition) is 1. The van der Waals surface area contributed by atoms with Crippen molar-refractivity contribution in [2.24, 2.45) is 0 Å². The molecule has 102 valence electrons. The molecule has 0 amide bonds. The minimum Gasteiger partial charge on any atom is -0.314 e. The van der Waals surface area contributed by atoms with Crippen LogP contribution in [0.25, 0.3) is 0 Å². The van der Waals surface area contributed by atoms with Crippen LogP contribution in [0.1, 0.15) is 12.1 Å². The highest BCUT2D eigenvalue weighted by Gasteiger charge is 2.11. The largest absolute Gasteiger partial charge is 0.314 e. The van der Waals surface area contributed by atoms with Crippen molar-refractivity contribution >= 4 is 0 Å². The smallest absolute Gasteiger partial charge is 0.0964 e. The lowest BCUT2D eigenvalue weighted by Gasteiger charge is -2.19. The third kappa shape index (κ3) is 4.04. The van der Waals surface area contributed by atoms with Gasteiger partial charge in [-0.3, -0.25) is 4.68 Å². The van der Waals surface area contributed by atoms with Crippen molar-refractivity contribution in [3.05, 3.63) is 11.9 Å². The van der Waals surface area contributed by atoms with E-state index in [1.807, 2.05) is 17.9 Å². The molecule has 6 heteroatoms. The lowest BCUT2D eigenvalue weighted by atomic mass is 10.4. The topological polar surface area (TPSA) is 49.2 Å². The Morgan fingerprint density at radius 1 is 1.22 bits per heavy atom. The van der Waals surface area contributed by atoms with Gasteiger partial charge in [-0.1, -0.05) is 5.21 Å². The van der Waals surface area contributed by atoms with Gasteiger partial charge in [0.25, 0.3) is 0 Å². The highest BCUT2D eigenvalue weighted by atomic mass is 15.4. The van der Waals surface area contributed by atoms with Gasteiger partial charge in [0.1, 0.15) is 0 Å². The van der Waals surface area contributed by atoms with Crippen molar-refractivity contribution in [2.75, 3.05) is 46.8 Å². The zero-order chi connectivity index (χ0) is 12.8. The maximum atomic E-state index is 4.15. The molecule has 18 heavy (non-hydrogen) atoms. The lowest BCUT2D eigenvalue weighted by molar-refractivity contribution is 0.262. The standard InChI is InChI=1S/C12H24N6/c1-13-10-12-11-18(15-14-12)9-8-17-5-3-4-16(2)6-7-17/h11,13H,3-10H2,1-2H3. The van der Waals surface area contributed by atoms with Gasteiger partial charge in [0, 0.05) is 32.4 Å². The molecule has 0 aliphatic carbocycles. The minimum absolute atomic E-state index is 0.786. The average molecular weight is 252 g/mol. The predicted octanol–water partition coefficient (Wildman–Crippen LogP) is -0.365. The Morgan fingerprint density at radius 2 is 2.11 bits per heavy atom. The summed E-state index contributed by atoms with van der Waals surface area (Å²) in [6.45, 7) is 7.52. The molecular weight excluding hydrogens is 228 g/mol. The molecule has 1 N–H and O–H groups in total. The second-order valence-corrected chi connectivity index (χ2v) is 5.00. The molecule has 2 rings (SSSR count). The fourth-order valence-corrected chi connectivity index (χ4v) is 2.28. The van der Waals surface area contributed by atoms with Crippen LogP contribution in [0.5, 0.6) is 0 Å². The van der Waals surface area contributed by atoms with Gasteiger partial charge in [-0.2, -0.15) is 0 Å². The fraction of sp³-hybridized carbons (Fsp3) is 0.833. The number of hydrogen-bond acceptors (Lipinski definition) is 5. The number of rotatable bonds is 5. The molecule has 1 aromatic heterocycles. The van der Waals surface area contributed by atoms with E-state index in [0.717, 1.165) is 31.9 Å². The van der Waals surface area contributed by atoms with Crippen molar-refractivity contribution < 1.29 is 0 Å². The van der Waals surface area contributed by atoms with Gasteiger partial charge in [0.2, 0.25) is 0 Å². The number of nitrogens with zero attached hydrogens (tertiary/aromatic N) is 5. The maximum Gasteiger partial charge on any atom is 0.0964 e. The molecule has 6 nitrogen and oxygen atoms in total. The first-order chi connectivity index (χ1) is 8.78. The van der Waals surface area contributed by atoms with Crippen molar-refractivity contribution in [1.82, 2.24) is 30.1 Å². The van der Waals surface area contributed by atoms with E-state index in [9.17, 15) is 0 Å². The zero-order valence-corrected chi connectivity index (χ0v) is 11.5. The highest BCUT2D eigenvalue weighted by Crippen LogP contribution is 2.01. The van der Waals surface area contributed by atoms with Gasteiger partial charge < -0.3 is 15.1 Å². The summed E-state index contributed by atoms with van der Waals surface area (Å²) in [5.41, 5.74) is 1.01. The van der Waals surface area contributed by atoms with Crippen molar-refractivity contribution in [3.63, 3.8) is 0 Å². The van der Waals surface area contributed by atoms with Gasteiger partial charge in [-0.25, -0.2) is 0 Å². The predicted molar refractivity (Wildman–Crippen MR) is 71.3 cm³/mol. The molecule has 0 unspecified atom stereocenters. The number of aromatic nitrogens is 3. The monoisotopic (exact) mass is 252 g/mol. The summed E-state index contributed by atoms with van der Waals surface area (Å²) in [6, 6.07) is 0. The molecule has 0 saturated carbocycles. The van der Waals surface area contributed by atoms with E-state index >= 15 is 0 Å². The Kier molecular flexibility index (Phi) is 5.10. The lowest BCUT2D eigenvalue weighted by Crippen LogP contribution is -2.31. The summed E-state index contributed by atoms with van der Waals surface area (Å²) in [5, 5.41) is 11.4. The highest BCUT2D eigenvalue weighted by molar-refractivity contribution is 4.91. The molecule has 0 spiro atoms. The molecule has 1 aromatic rings. The van der Waals surface area contributed by atoms with E-state index in [-0.39, 0.29) is 0 Å². The van der Waals surface area contributed by atoms with Crippen molar-refractivity contribution in [3.8, 4) is 0 Å². The molecular formula is C12H24N6. The Labute approximate surface area is 109 Å². The molecule has 0 bridgehead atoms. The summed E-state index contributed by atoms with van der Waals surface area (Å²) in [6.07, 6.45) is 3.29. The molecule has 1 fully saturated rings. The Hall–Kier alpha value is -0.980. The molecule has 1 aliphatic heterocycles. The summed E-state index contributed by atoms with van der Waals surface area (Å²) in [5.74, 6) is 0. The number of nitrogens with one attached hydrogen (secondary N) is 1. The van der Waals surface area contributed by atoms with Crippen molar-refractivity contribution in [2.45, 2.75) is 19.5 Å². The first-order valence-corrected chi connectivity index (χ1v) is 6.72. The second kappa shape index (κ2) is 6.82. The minimum atomic E-state index is 0.786. The van der Waals surface area contributed by atoms with E-state index in [4.69, 9.17) is 0 Å². The van der Waals surface area contributed by atoms with E-state index in [0.29, 0.717) is 0 Å². The quantitative estimate of drug-likeness (QED) is 0.775. The van der Waals surface area contributed by atoms with Crippen LogP contribution in [-0.4, -0.2) is 71.6 Å². The Morgan fingerprint density at radius 3 is 2.94 bits per heavy atom. The van der Waals surface area contributed by atoms with Crippen LogP contribution in [-0.2, 0) is 13.1 Å². The number of likely N-dealkylation sites (N-methyl/N-ethyl adjacent to an activating group) is 1. The van der Waals surface area contributed by atoms with Crippen LogP contribution >= 0.6 is 0 Å². The maximum absolute atomic E-state index is 4.15. The summed E-state index contributed by atoms with van der Waals surface area (Å²) in [7, 11) is 4.12. The zero-order valence-electron chi connectivity index (χ0n) is 11.5. The van der Waals surface area contributed by atoms with E-state index in [2.05, 4.69) is 32.5 Å². The second-order valence-electron chi connectivity index (χ2n) is 5.00. The van der Waals surface area contributed by atoms with Gasteiger partial charge >= 0.3 is 0 Å². The normalized spacial score (nSPS) is 19.0. The van der Waals surface area contributed by atoms with Crippen molar-refractivity contribution in [1.29, 1.82) is 0 Å². The Bertz CT molecular complexity index is 350. The molecule has 0 aromatic carbocycles. The van der Waals surface area contributed by atoms with Gasteiger partial charge in [0.15, 0.2) is 0 Å². The summed E-state index contributed by atoms with van der Waals surface area (Å²) in [4.78, 5) is 4.92. The van der Waals surface area contributed by atoms with Crippen LogP contribution < -0.4 is 5.32 Å². The SMILES string of the molecule is CNCc1cn(CCN2CCCN(C)CC2)nn1. The first kappa shape index (κ1) is 13.5. The summed E-state index contributed by atoms with van der Waals surface area (Å²) >= 11 is 0. The Balaban J connectivity index is 1.76. The molecule has 0 atom stereocenters. The van der Waals surface area contributed by atoms with Crippen LogP contribution in [0.15, 0.2) is 6.20 Å². The molecule has 1 saturated heterocycles. The third-order valence-corrected chi connectivity index (χ3v) is 3.40. The van der Waals surface area contributed by atoms with E-state index in [1.165, 1.54) is 26.1 Å². The van der Waals surface area contributed by atoms with Gasteiger partial charge in [-0.15, -0.1) is 5.10 Å². The first-order valence-electron chi connectivity index (χ1n) is 6.72. The van der Waals surface area contributed by atoms with Crippen LogP contribution in [0.3, 0.4) is 0 Å². The summed E-state index contributed by atoms with van der Waals surface area (Å²) < 4.78 is 1.95. The average Bonchev–Trinajstić information content (AvgIpc) is 2.70. The van der Waals surface area contributed by atoms with Crippen LogP contribution in [0.2, 0.25) is 0 Å². The van der Waals surface area contributed by atoms with Gasteiger partial charge in [-0.05, 0) is 33.6 Å². The van der Waals surface area contributed by atoms with Gasteiger partial charge in [0.05, 0.1) is 12.2 Å². The van der Waals surface area contributed by atoms with Crippen LogP contribution in [0, 0.1) is 0 Å².